The van der Waals surface area contributed by atoms with Crippen molar-refractivity contribution in [3.05, 3.63) is 28.8 Å². The molecular formula is C12H17N3S. The second kappa shape index (κ2) is 4.80. The quantitative estimate of drug-likeness (QED) is 0.882. The molecule has 0 aliphatic carbocycles. The fourth-order valence-corrected chi connectivity index (χ4v) is 2.58. The highest BCUT2D eigenvalue weighted by Gasteiger charge is 2.11. The van der Waals surface area contributed by atoms with Crippen molar-refractivity contribution >= 4 is 11.3 Å². The van der Waals surface area contributed by atoms with Crippen LogP contribution in [0.4, 0.5) is 0 Å². The van der Waals surface area contributed by atoms with E-state index in [1.54, 1.807) is 11.3 Å². The Morgan fingerprint density at radius 2 is 2.25 bits per heavy atom. The summed E-state index contributed by atoms with van der Waals surface area (Å²) in [5.41, 5.74) is 2.38. The summed E-state index contributed by atoms with van der Waals surface area (Å²) in [6.45, 7) is 6.11. The van der Waals surface area contributed by atoms with E-state index >= 15 is 0 Å². The molecule has 0 fully saturated rings. The van der Waals surface area contributed by atoms with Crippen molar-refractivity contribution in [2.45, 2.75) is 20.4 Å². The second-order valence-electron chi connectivity index (χ2n) is 3.87. The Bertz CT molecular complexity index is 470. The Morgan fingerprint density at radius 3 is 2.88 bits per heavy atom. The van der Waals surface area contributed by atoms with Crippen molar-refractivity contribution in [1.82, 2.24) is 15.1 Å². The van der Waals surface area contributed by atoms with E-state index in [2.05, 4.69) is 42.6 Å². The van der Waals surface area contributed by atoms with Crippen LogP contribution in [0.5, 0.6) is 0 Å². The zero-order valence-corrected chi connectivity index (χ0v) is 10.8. The van der Waals surface area contributed by atoms with E-state index in [1.807, 2.05) is 11.7 Å². The second-order valence-corrected chi connectivity index (χ2v) is 5.16. The van der Waals surface area contributed by atoms with Gasteiger partial charge in [-0.05, 0) is 25.6 Å². The average Bonchev–Trinajstić information content (AvgIpc) is 2.81. The van der Waals surface area contributed by atoms with Crippen molar-refractivity contribution in [2.24, 2.45) is 7.05 Å². The predicted octanol–water partition coefficient (Wildman–Crippen LogP) is 2.57. The third-order valence-corrected chi connectivity index (χ3v) is 3.45. The van der Waals surface area contributed by atoms with Gasteiger partial charge in [0, 0.05) is 30.2 Å². The number of hydrogen-bond acceptors (Lipinski definition) is 3. The van der Waals surface area contributed by atoms with Crippen molar-refractivity contribution in [3.63, 3.8) is 0 Å². The highest BCUT2D eigenvalue weighted by Crippen LogP contribution is 2.28. The van der Waals surface area contributed by atoms with E-state index in [0.717, 1.165) is 18.8 Å². The molecule has 2 aromatic rings. The Balaban J connectivity index is 2.32. The molecule has 2 rings (SSSR count). The third-order valence-electron chi connectivity index (χ3n) is 2.44. The van der Waals surface area contributed by atoms with Crippen LogP contribution in [-0.2, 0) is 13.6 Å². The normalized spacial score (nSPS) is 10.9. The third kappa shape index (κ3) is 2.33. The van der Waals surface area contributed by atoms with Gasteiger partial charge >= 0.3 is 0 Å². The minimum atomic E-state index is 0.886. The van der Waals surface area contributed by atoms with E-state index in [1.165, 1.54) is 15.3 Å². The van der Waals surface area contributed by atoms with Crippen LogP contribution in [0.1, 0.15) is 17.4 Å². The van der Waals surface area contributed by atoms with Crippen LogP contribution in [0, 0.1) is 6.92 Å². The Hall–Kier alpha value is -1.13. The van der Waals surface area contributed by atoms with Crippen molar-refractivity contribution in [3.8, 4) is 10.6 Å². The highest BCUT2D eigenvalue weighted by molar-refractivity contribution is 7.15. The van der Waals surface area contributed by atoms with Gasteiger partial charge in [0.1, 0.15) is 5.69 Å². The molecule has 0 unspecified atom stereocenters. The van der Waals surface area contributed by atoms with E-state index in [4.69, 9.17) is 0 Å². The molecule has 2 heterocycles. The standard InChI is InChI=1S/C12H17N3S/c1-4-13-7-10-8-15(3)14-12(10)11-6-5-9(2)16-11/h5-6,8,13H,4,7H2,1-3H3. The number of nitrogens with one attached hydrogen (secondary N) is 1. The lowest BCUT2D eigenvalue weighted by molar-refractivity contribution is 0.724. The number of thiophene rings is 1. The fourth-order valence-electron chi connectivity index (χ4n) is 1.70. The van der Waals surface area contributed by atoms with Crippen LogP contribution in [0.2, 0.25) is 0 Å². The lowest BCUT2D eigenvalue weighted by atomic mass is 10.2. The average molecular weight is 235 g/mol. The van der Waals surface area contributed by atoms with Crippen LogP contribution in [0.25, 0.3) is 10.6 Å². The van der Waals surface area contributed by atoms with Crippen LogP contribution >= 0.6 is 11.3 Å². The maximum absolute atomic E-state index is 4.53. The van der Waals surface area contributed by atoms with Crippen molar-refractivity contribution < 1.29 is 0 Å². The first-order valence-electron chi connectivity index (χ1n) is 5.50. The van der Waals surface area contributed by atoms with Gasteiger partial charge < -0.3 is 5.32 Å². The molecule has 0 saturated heterocycles. The minimum absolute atomic E-state index is 0.886. The van der Waals surface area contributed by atoms with Crippen LogP contribution in [0.3, 0.4) is 0 Å². The number of nitrogens with zero attached hydrogens (tertiary/aromatic N) is 2. The predicted molar refractivity (Wildman–Crippen MR) is 68.6 cm³/mol. The zero-order valence-electron chi connectivity index (χ0n) is 9.95. The van der Waals surface area contributed by atoms with Crippen molar-refractivity contribution in [1.29, 1.82) is 0 Å². The lowest BCUT2D eigenvalue weighted by Crippen LogP contribution is -2.11. The maximum Gasteiger partial charge on any atom is 0.107 e. The number of hydrogen-bond donors (Lipinski definition) is 1. The summed E-state index contributed by atoms with van der Waals surface area (Å²) in [4.78, 5) is 2.58. The van der Waals surface area contributed by atoms with E-state index < -0.39 is 0 Å². The summed E-state index contributed by atoms with van der Waals surface area (Å²) < 4.78 is 1.89. The zero-order chi connectivity index (χ0) is 11.5. The summed E-state index contributed by atoms with van der Waals surface area (Å²) in [5, 5.41) is 7.88. The minimum Gasteiger partial charge on any atom is -0.313 e. The monoisotopic (exact) mass is 235 g/mol. The molecule has 0 bridgehead atoms. The van der Waals surface area contributed by atoms with Gasteiger partial charge in [-0.3, -0.25) is 4.68 Å². The summed E-state index contributed by atoms with van der Waals surface area (Å²) in [6.07, 6.45) is 2.09. The van der Waals surface area contributed by atoms with Crippen molar-refractivity contribution in [2.75, 3.05) is 6.54 Å². The largest absolute Gasteiger partial charge is 0.313 e. The van der Waals surface area contributed by atoms with Crippen LogP contribution < -0.4 is 5.32 Å². The van der Waals surface area contributed by atoms with Gasteiger partial charge in [-0.1, -0.05) is 6.92 Å². The lowest BCUT2D eigenvalue weighted by Gasteiger charge is -2.00. The number of rotatable bonds is 4. The van der Waals surface area contributed by atoms with Crippen LogP contribution in [0.15, 0.2) is 18.3 Å². The Labute approximate surface area is 100 Å². The molecule has 0 aromatic carbocycles. The first kappa shape index (κ1) is 11.4. The van der Waals surface area contributed by atoms with Gasteiger partial charge in [0.05, 0.1) is 4.88 Å². The van der Waals surface area contributed by atoms with E-state index in [0.29, 0.717) is 0 Å². The molecule has 0 aliphatic heterocycles. The molecule has 0 spiro atoms. The molecule has 0 radical (unpaired) electrons. The first-order valence-corrected chi connectivity index (χ1v) is 6.32. The molecular weight excluding hydrogens is 218 g/mol. The van der Waals surface area contributed by atoms with Gasteiger partial charge in [-0.25, -0.2) is 0 Å². The van der Waals surface area contributed by atoms with Gasteiger partial charge in [-0.2, -0.15) is 5.10 Å². The molecule has 0 amide bonds. The topological polar surface area (TPSA) is 29.9 Å². The molecule has 86 valence electrons. The van der Waals surface area contributed by atoms with E-state index in [-0.39, 0.29) is 0 Å². The Kier molecular flexibility index (Phi) is 3.41. The molecule has 0 saturated carbocycles. The molecule has 0 atom stereocenters. The van der Waals surface area contributed by atoms with Gasteiger partial charge in [-0.15, -0.1) is 11.3 Å². The Morgan fingerprint density at radius 1 is 1.44 bits per heavy atom. The maximum atomic E-state index is 4.53. The fraction of sp³-hybridized carbons (Fsp3) is 0.417. The van der Waals surface area contributed by atoms with Crippen LogP contribution in [-0.4, -0.2) is 16.3 Å². The van der Waals surface area contributed by atoms with Gasteiger partial charge in [0.15, 0.2) is 0 Å². The number of aryl methyl sites for hydroxylation is 2. The summed E-state index contributed by atoms with van der Waals surface area (Å²) in [5.74, 6) is 0. The summed E-state index contributed by atoms with van der Waals surface area (Å²) >= 11 is 1.80. The molecule has 16 heavy (non-hydrogen) atoms. The van der Waals surface area contributed by atoms with Gasteiger partial charge in [0.25, 0.3) is 0 Å². The first-order chi connectivity index (χ1) is 7.70. The SMILES string of the molecule is CCNCc1cn(C)nc1-c1ccc(C)s1. The summed E-state index contributed by atoms with van der Waals surface area (Å²) in [7, 11) is 1.97. The molecule has 0 aliphatic rings. The molecule has 2 aromatic heterocycles. The number of aromatic nitrogens is 2. The summed E-state index contributed by atoms with van der Waals surface area (Å²) in [6, 6.07) is 4.30. The van der Waals surface area contributed by atoms with E-state index in [9.17, 15) is 0 Å². The molecule has 1 N–H and O–H groups in total. The molecule has 4 heteroatoms. The molecule has 3 nitrogen and oxygen atoms in total. The highest BCUT2D eigenvalue weighted by atomic mass is 32.1. The smallest absolute Gasteiger partial charge is 0.107 e. The van der Waals surface area contributed by atoms with Gasteiger partial charge in [0.2, 0.25) is 0 Å².